The highest BCUT2D eigenvalue weighted by molar-refractivity contribution is 5.94. The molecule has 0 bridgehead atoms. The van der Waals surface area contributed by atoms with E-state index in [9.17, 15) is 4.79 Å². The number of aromatic nitrogens is 1. The molecule has 0 unspecified atom stereocenters. The average molecular weight is 252 g/mol. The number of nitrogens with zero attached hydrogens (tertiary/aromatic N) is 1. The van der Waals surface area contributed by atoms with Crippen LogP contribution in [-0.4, -0.2) is 37.3 Å². The van der Waals surface area contributed by atoms with Crippen LogP contribution in [-0.2, 0) is 9.47 Å². The number of esters is 1. The van der Waals surface area contributed by atoms with Gasteiger partial charge in [-0.15, -0.1) is 0 Å². The molecule has 1 aromatic heterocycles. The van der Waals surface area contributed by atoms with Gasteiger partial charge in [0, 0.05) is 26.0 Å². The number of nitrogens with one attached hydrogen (secondary N) is 1. The van der Waals surface area contributed by atoms with Crippen LogP contribution in [0.5, 0.6) is 0 Å². The highest BCUT2D eigenvalue weighted by Gasteiger charge is 2.12. The van der Waals surface area contributed by atoms with E-state index >= 15 is 0 Å². The summed E-state index contributed by atoms with van der Waals surface area (Å²) < 4.78 is 10.2. The highest BCUT2D eigenvalue weighted by Crippen LogP contribution is 2.12. The second-order valence-corrected chi connectivity index (χ2v) is 3.60. The normalized spacial score (nSPS) is 10.1. The Bertz CT molecular complexity index is 369. The zero-order valence-electron chi connectivity index (χ0n) is 10.9. The van der Waals surface area contributed by atoms with E-state index in [1.165, 1.54) is 0 Å². The van der Waals surface area contributed by atoms with Gasteiger partial charge in [0.25, 0.3) is 0 Å². The van der Waals surface area contributed by atoms with Gasteiger partial charge in [0.15, 0.2) is 0 Å². The molecule has 0 saturated heterocycles. The zero-order chi connectivity index (χ0) is 13.2. The summed E-state index contributed by atoms with van der Waals surface area (Å²) in [6, 6.07) is 3.42. The average Bonchev–Trinajstić information content (AvgIpc) is 2.39. The van der Waals surface area contributed by atoms with E-state index < -0.39 is 0 Å². The number of carbonyl (C=O) groups is 1. The van der Waals surface area contributed by atoms with Crippen molar-refractivity contribution in [3.63, 3.8) is 0 Å². The Morgan fingerprint density at radius 1 is 1.39 bits per heavy atom. The molecule has 0 aliphatic rings. The van der Waals surface area contributed by atoms with Gasteiger partial charge < -0.3 is 14.8 Å². The first-order chi connectivity index (χ1) is 8.79. The number of hydrogen-bond donors (Lipinski definition) is 1. The third-order valence-corrected chi connectivity index (χ3v) is 2.27. The molecule has 1 N–H and O–H groups in total. The molecule has 0 aliphatic carbocycles. The Kier molecular flexibility index (Phi) is 6.79. The first-order valence-corrected chi connectivity index (χ1v) is 6.23. The maximum atomic E-state index is 11.7. The molecule has 1 heterocycles. The fourth-order valence-corrected chi connectivity index (χ4v) is 1.45. The molecular formula is C13H20N2O3. The molecule has 1 aromatic rings. The quantitative estimate of drug-likeness (QED) is 0.567. The van der Waals surface area contributed by atoms with Gasteiger partial charge in [0.05, 0.1) is 6.61 Å². The predicted octanol–water partition coefficient (Wildman–Crippen LogP) is 2.10. The van der Waals surface area contributed by atoms with Crippen LogP contribution in [0.2, 0.25) is 0 Å². The Hall–Kier alpha value is -1.62. The van der Waals surface area contributed by atoms with Crippen molar-refractivity contribution in [3.8, 4) is 0 Å². The topological polar surface area (TPSA) is 60.5 Å². The molecule has 0 spiro atoms. The molecule has 0 aliphatic heterocycles. The Morgan fingerprint density at radius 3 is 2.94 bits per heavy atom. The van der Waals surface area contributed by atoms with Gasteiger partial charge in [-0.1, -0.05) is 0 Å². The summed E-state index contributed by atoms with van der Waals surface area (Å²) in [5.41, 5.74) is 0.468. The van der Waals surface area contributed by atoms with Crippen molar-refractivity contribution >= 4 is 11.8 Å². The smallest absolute Gasteiger partial charge is 0.341 e. The molecule has 1 rings (SSSR count). The molecule has 0 fully saturated rings. The molecule has 5 heteroatoms. The minimum Gasteiger partial charge on any atom is -0.462 e. The van der Waals surface area contributed by atoms with Gasteiger partial charge in [0.1, 0.15) is 11.4 Å². The van der Waals surface area contributed by atoms with Crippen LogP contribution in [0.4, 0.5) is 5.82 Å². The molecule has 100 valence electrons. The fraction of sp³-hybridized carbons (Fsp3) is 0.538. The van der Waals surface area contributed by atoms with Crippen molar-refractivity contribution in [2.45, 2.75) is 20.3 Å². The lowest BCUT2D eigenvalue weighted by Crippen LogP contribution is -2.13. The van der Waals surface area contributed by atoms with Crippen LogP contribution in [0.3, 0.4) is 0 Å². The minimum absolute atomic E-state index is 0.349. The second kappa shape index (κ2) is 8.47. The van der Waals surface area contributed by atoms with Crippen LogP contribution >= 0.6 is 0 Å². The summed E-state index contributed by atoms with van der Waals surface area (Å²) in [6.07, 6.45) is 2.51. The zero-order valence-corrected chi connectivity index (χ0v) is 10.9. The SMILES string of the molecule is CCOCCCNc1ncccc1C(=O)OCC. The first-order valence-electron chi connectivity index (χ1n) is 6.23. The van der Waals surface area contributed by atoms with E-state index in [1.54, 1.807) is 25.3 Å². The summed E-state index contributed by atoms with van der Waals surface area (Å²) in [6.45, 7) is 6.23. The third kappa shape index (κ3) is 4.71. The molecule has 5 nitrogen and oxygen atoms in total. The van der Waals surface area contributed by atoms with Gasteiger partial charge in [-0.05, 0) is 32.4 Å². The molecule has 0 saturated carbocycles. The Balaban J connectivity index is 2.51. The van der Waals surface area contributed by atoms with E-state index in [-0.39, 0.29) is 5.97 Å². The number of rotatable bonds is 8. The van der Waals surface area contributed by atoms with Gasteiger partial charge in [-0.2, -0.15) is 0 Å². The van der Waals surface area contributed by atoms with Crippen molar-refractivity contribution in [2.24, 2.45) is 0 Å². The van der Waals surface area contributed by atoms with Crippen molar-refractivity contribution in [1.29, 1.82) is 0 Å². The van der Waals surface area contributed by atoms with Gasteiger partial charge >= 0.3 is 5.97 Å². The van der Waals surface area contributed by atoms with Crippen molar-refractivity contribution < 1.29 is 14.3 Å². The standard InChI is InChI=1S/C13H20N2O3/c1-3-17-10-6-9-15-12-11(7-5-8-14-12)13(16)18-4-2/h5,7-8H,3-4,6,9-10H2,1-2H3,(H,14,15). The van der Waals surface area contributed by atoms with Crippen molar-refractivity contribution in [2.75, 3.05) is 31.7 Å². The van der Waals surface area contributed by atoms with E-state index in [4.69, 9.17) is 9.47 Å². The molecule has 0 aromatic carbocycles. The lowest BCUT2D eigenvalue weighted by molar-refractivity contribution is 0.0527. The summed E-state index contributed by atoms with van der Waals surface area (Å²) in [5.74, 6) is 0.213. The fourth-order valence-electron chi connectivity index (χ4n) is 1.45. The van der Waals surface area contributed by atoms with Crippen LogP contribution in [0.25, 0.3) is 0 Å². The van der Waals surface area contributed by atoms with Crippen molar-refractivity contribution in [1.82, 2.24) is 4.98 Å². The molecular weight excluding hydrogens is 232 g/mol. The highest BCUT2D eigenvalue weighted by atomic mass is 16.5. The summed E-state index contributed by atoms with van der Waals surface area (Å²) >= 11 is 0. The van der Waals surface area contributed by atoms with Gasteiger partial charge in [-0.3, -0.25) is 0 Å². The molecule has 0 radical (unpaired) electrons. The molecule has 0 amide bonds. The van der Waals surface area contributed by atoms with Crippen molar-refractivity contribution in [3.05, 3.63) is 23.9 Å². The maximum Gasteiger partial charge on any atom is 0.341 e. The summed E-state index contributed by atoms with van der Waals surface area (Å²) in [7, 11) is 0. The van der Waals surface area contributed by atoms with Crippen LogP contribution in [0.15, 0.2) is 18.3 Å². The number of ether oxygens (including phenoxy) is 2. The lowest BCUT2D eigenvalue weighted by atomic mass is 10.2. The lowest BCUT2D eigenvalue weighted by Gasteiger charge is -2.09. The monoisotopic (exact) mass is 252 g/mol. The van der Waals surface area contributed by atoms with E-state index in [0.717, 1.165) is 13.0 Å². The molecule has 18 heavy (non-hydrogen) atoms. The minimum atomic E-state index is -0.349. The van der Waals surface area contributed by atoms with E-state index in [0.29, 0.717) is 31.1 Å². The van der Waals surface area contributed by atoms with Crippen LogP contribution < -0.4 is 5.32 Å². The number of carbonyl (C=O) groups excluding carboxylic acids is 1. The number of pyridine rings is 1. The molecule has 0 atom stereocenters. The Labute approximate surface area is 108 Å². The third-order valence-electron chi connectivity index (χ3n) is 2.27. The van der Waals surface area contributed by atoms with E-state index in [1.807, 2.05) is 6.92 Å². The van der Waals surface area contributed by atoms with Crippen LogP contribution in [0.1, 0.15) is 30.6 Å². The predicted molar refractivity (Wildman–Crippen MR) is 69.8 cm³/mol. The number of anilines is 1. The first kappa shape index (κ1) is 14.4. The summed E-state index contributed by atoms with van der Waals surface area (Å²) in [5, 5.41) is 3.12. The summed E-state index contributed by atoms with van der Waals surface area (Å²) in [4.78, 5) is 15.8. The second-order valence-electron chi connectivity index (χ2n) is 3.60. The van der Waals surface area contributed by atoms with Crippen LogP contribution in [0, 0.1) is 0 Å². The van der Waals surface area contributed by atoms with Gasteiger partial charge in [0.2, 0.25) is 0 Å². The largest absolute Gasteiger partial charge is 0.462 e. The Morgan fingerprint density at radius 2 is 2.22 bits per heavy atom. The van der Waals surface area contributed by atoms with E-state index in [2.05, 4.69) is 10.3 Å². The maximum absolute atomic E-state index is 11.7. The number of hydrogen-bond acceptors (Lipinski definition) is 5. The van der Waals surface area contributed by atoms with Gasteiger partial charge in [-0.25, -0.2) is 9.78 Å².